The first-order valence-electron chi connectivity index (χ1n) is 8.67. The maximum atomic E-state index is 13.9. The van der Waals surface area contributed by atoms with E-state index in [1.54, 1.807) is 37.3 Å². The van der Waals surface area contributed by atoms with Crippen LogP contribution in [0.3, 0.4) is 0 Å². The Morgan fingerprint density at radius 3 is 2.61 bits per heavy atom. The number of hydrogen-bond donors (Lipinski definition) is 2. The molecule has 0 saturated heterocycles. The number of anilines is 1. The topological polar surface area (TPSA) is 58.6 Å². The highest BCUT2D eigenvalue weighted by Crippen LogP contribution is 2.25. The molecule has 0 amide bonds. The van der Waals surface area contributed by atoms with E-state index in [9.17, 15) is 14.3 Å². The lowest BCUT2D eigenvalue weighted by atomic mass is 10.1. The average molecular weight is 400 g/mol. The molecule has 0 aromatic heterocycles. The van der Waals surface area contributed by atoms with Crippen molar-refractivity contribution in [2.75, 3.05) is 5.32 Å². The maximum absolute atomic E-state index is 13.9. The molecule has 0 aliphatic heterocycles. The number of carboxylic acids is 1. The summed E-state index contributed by atoms with van der Waals surface area (Å²) in [6, 6.07) is 17.0. The maximum Gasteiger partial charge on any atom is 0.336 e. The quantitative estimate of drug-likeness (QED) is 0.536. The first-order chi connectivity index (χ1) is 13.5. The van der Waals surface area contributed by atoms with Gasteiger partial charge in [0.25, 0.3) is 0 Å². The molecule has 0 heterocycles. The Morgan fingerprint density at radius 1 is 1.11 bits per heavy atom. The van der Waals surface area contributed by atoms with Crippen molar-refractivity contribution in [3.8, 4) is 5.75 Å². The molecule has 4 nitrogen and oxygen atoms in total. The third-order valence-electron chi connectivity index (χ3n) is 4.44. The van der Waals surface area contributed by atoms with Gasteiger partial charge in [0.05, 0.1) is 10.6 Å². The molecule has 3 aromatic carbocycles. The number of benzene rings is 3. The summed E-state index contributed by atoms with van der Waals surface area (Å²) in [6.45, 7) is 2.19. The van der Waals surface area contributed by atoms with Crippen LogP contribution in [0.5, 0.6) is 5.75 Å². The molecule has 0 unspecified atom stereocenters. The van der Waals surface area contributed by atoms with E-state index in [0.717, 1.165) is 11.3 Å². The molecule has 28 heavy (non-hydrogen) atoms. The molecule has 0 aliphatic carbocycles. The number of carbonyl (C=O) groups is 1. The molecule has 0 saturated carbocycles. The molecule has 2 N–H and O–H groups in total. The van der Waals surface area contributed by atoms with Crippen LogP contribution in [0.2, 0.25) is 5.02 Å². The number of hydrogen-bond acceptors (Lipinski definition) is 3. The van der Waals surface area contributed by atoms with Gasteiger partial charge in [0.1, 0.15) is 18.2 Å². The lowest BCUT2D eigenvalue weighted by Crippen LogP contribution is -2.07. The van der Waals surface area contributed by atoms with Gasteiger partial charge in [-0.1, -0.05) is 41.9 Å². The van der Waals surface area contributed by atoms with Gasteiger partial charge in [0.2, 0.25) is 0 Å². The Kier molecular flexibility index (Phi) is 6.16. The Morgan fingerprint density at radius 2 is 1.86 bits per heavy atom. The van der Waals surface area contributed by atoms with Crippen LogP contribution in [0.15, 0.2) is 60.7 Å². The number of rotatable bonds is 7. The Balaban J connectivity index is 1.75. The minimum atomic E-state index is -0.966. The number of aromatic carboxylic acids is 1. The second-order valence-corrected chi connectivity index (χ2v) is 6.64. The number of nitrogens with one attached hydrogen (secondary N) is 1. The summed E-state index contributed by atoms with van der Waals surface area (Å²) < 4.78 is 19.8. The normalized spacial score (nSPS) is 10.5. The van der Waals surface area contributed by atoms with Crippen molar-refractivity contribution in [2.45, 2.75) is 20.1 Å². The van der Waals surface area contributed by atoms with E-state index in [-0.39, 0.29) is 12.2 Å². The van der Waals surface area contributed by atoms with Crippen molar-refractivity contribution >= 4 is 23.3 Å². The SMILES string of the molecule is Cc1c(NCc2ccccc2OCc2c(F)cccc2Cl)cccc1C(=O)O. The zero-order valence-corrected chi connectivity index (χ0v) is 16.0. The Labute approximate surface area is 167 Å². The predicted octanol–water partition coefficient (Wildman–Crippen LogP) is 5.68. The fraction of sp³-hybridized carbons (Fsp3) is 0.136. The minimum absolute atomic E-state index is 0.00997. The number of ether oxygens (including phenoxy) is 1. The van der Waals surface area contributed by atoms with Crippen molar-refractivity contribution in [3.63, 3.8) is 0 Å². The van der Waals surface area contributed by atoms with Crippen LogP contribution in [0.25, 0.3) is 0 Å². The zero-order valence-electron chi connectivity index (χ0n) is 15.2. The smallest absolute Gasteiger partial charge is 0.336 e. The van der Waals surface area contributed by atoms with Crippen molar-refractivity contribution < 1.29 is 19.0 Å². The van der Waals surface area contributed by atoms with Gasteiger partial charge >= 0.3 is 5.97 Å². The van der Waals surface area contributed by atoms with Crippen LogP contribution < -0.4 is 10.1 Å². The first-order valence-corrected chi connectivity index (χ1v) is 9.05. The molecule has 0 bridgehead atoms. The van der Waals surface area contributed by atoms with Crippen molar-refractivity contribution in [2.24, 2.45) is 0 Å². The van der Waals surface area contributed by atoms with E-state index >= 15 is 0 Å². The van der Waals surface area contributed by atoms with Crippen LogP contribution in [0.1, 0.15) is 27.0 Å². The summed E-state index contributed by atoms with van der Waals surface area (Å²) in [7, 11) is 0. The van der Waals surface area contributed by atoms with Gasteiger partial charge < -0.3 is 15.2 Å². The third-order valence-corrected chi connectivity index (χ3v) is 4.79. The largest absolute Gasteiger partial charge is 0.488 e. The van der Waals surface area contributed by atoms with Gasteiger partial charge in [0.15, 0.2) is 0 Å². The number of halogens is 2. The lowest BCUT2D eigenvalue weighted by molar-refractivity contribution is 0.0696. The van der Waals surface area contributed by atoms with Gasteiger partial charge in [-0.05, 0) is 42.8 Å². The lowest BCUT2D eigenvalue weighted by Gasteiger charge is -2.15. The molecular weight excluding hydrogens is 381 g/mol. The van der Waals surface area contributed by atoms with Crippen LogP contribution in [-0.4, -0.2) is 11.1 Å². The van der Waals surface area contributed by atoms with Gasteiger partial charge in [0, 0.05) is 23.4 Å². The second kappa shape index (κ2) is 8.76. The van der Waals surface area contributed by atoms with Crippen LogP contribution in [0.4, 0.5) is 10.1 Å². The molecule has 144 valence electrons. The second-order valence-electron chi connectivity index (χ2n) is 6.23. The molecule has 0 spiro atoms. The highest BCUT2D eigenvalue weighted by atomic mass is 35.5. The summed E-state index contributed by atoms with van der Waals surface area (Å²) in [5.41, 5.74) is 2.80. The van der Waals surface area contributed by atoms with E-state index in [4.69, 9.17) is 16.3 Å². The summed E-state index contributed by atoms with van der Waals surface area (Å²) >= 11 is 6.05. The average Bonchev–Trinajstić information content (AvgIpc) is 2.67. The van der Waals surface area contributed by atoms with E-state index in [1.807, 2.05) is 24.3 Å². The first kappa shape index (κ1) is 19.7. The Hall–Kier alpha value is -3.05. The summed E-state index contributed by atoms with van der Waals surface area (Å²) in [4.78, 5) is 11.3. The fourth-order valence-electron chi connectivity index (χ4n) is 2.86. The van der Waals surface area contributed by atoms with Crippen LogP contribution in [-0.2, 0) is 13.2 Å². The van der Waals surface area contributed by atoms with Crippen molar-refractivity contribution in [1.29, 1.82) is 0 Å². The van der Waals surface area contributed by atoms with E-state index in [0.29, 0.717) is 28.4 Å². The van der Waals surface area contributed by atoms with Gasteiger partial charge in [-0.3, -0.25) is 0 Å². The number of carboxylic acid groups (broad SMARTS) is 1. The van der Waals surface area contributed by atoms with E-state index < -0.39 is 11.8 Å². The molecule has 0 radical (unpaired) electrons. The number of para-hydroxylation sites is 1. The molecule has 3 aromatic rings. The molecular formula is C22H19ClFNO3. The third kappa shape index (κ3) is 4.43. The van der Waals surface area contributed by atoms with Crippen LogP contribution in [0, 0.1) is 12.7 Å². The zero-order chi connectivity index (χ0) is 20.1. The molecule has 3 rings (SSSR count). The molecule has 0 aliphatic rings. The minimum Gasteiger partial charge on any atom is -0.488 e. The van der Waals surface area contributed by atoms with Gasteiger partial charge in [-0.25, -0.2) is 9.18 Å². The van der Waals surface area contributed by atoms with Gasteiger partial charge in [-0.15, -0.1) is 0 Å². The molecule has 0 atom stereocenters. The van der Waals surface area contributed by atoms with E-state index in [2.05, 4.69) is 5.32 Å². The highest BCUT2D eigenvalue weighted by Gasteiger charge is 2.12. The monoisotopic (exact) mass is 399 g/mol. The van der Waals surface area contributed by atoms with Crippen LogP contribution >= 0.6 is 11.6 Å². The summed E-state index contributed by atoms with van der Waals surface area (Å²) in [6.07, 6.45) is 0. The highest BCUT2D eigenvalue weighted by molar-refractivity contribution is 6.31. The molecule has 0 fully saturated rings. The van der Waals surface area contributed by atoms with E-state index in [1.165, 1.54) is 6.07 Å². The van der Waals surface area contributed by atoms with Crippen molar-refractivity contribution in [3.05, 3.63) is 93.8 Å². The summed E-state index contributed by atoms with van der Waals surface area (Å²) in [5.74, 6) is -0.780. The Bertz CT molecular complexity index is 987. The predicted molar refractivity (Wildman–Crippen MR) is 108 cm³/mol. The van der Waals surface area contributed by atoms with Crippen molar-refractivity contribution in [1.82, 2.24) is 0 Å². The van der Waals surface area contributed by atoms with Gasteiger partial charge in [-0.2, -0.15) is 0 Å². The molecule has 6 heteroatoms. The standard InChI is InChI=1S/C22H19ClFNO3/c1-14-16(22(26)27)7-4-10-20(14)25-12-15-6-2-3-11-21(15)28-13-17-18(23)8-5-9-19(17)24/h2-11,25H,12-13H2,1H3,(H,26,27). The fourth-order valence-corrected chi connectivity index (χ4v) is 3.08. The summed E-state index contributed by atoms with van der Waals surface area (Å²) in [5, 5.41) is 12.8.